The van der Waals surface area contributed by atoms with Gasteiger partial charge in [0.25, 0.3) is 5.91 Å². The van der Waals surface area contributed by atoms with Gasteiger partial charge in [-0.15, -0.1) is 11.3 Å². The monoisotopic (exact) mass is 415 g/mol. The number of nitrogens with zero attached hydrogens (tertiary/aromatic N) is 1. The summed E-state index contributed by atoms with van der Waals surface area (Å²) in [4.78, 5) is 24.2. The Morgan fingerprint density at radius 2 is 2.07 bits per heavy atom. The highest BCUT2D eigenvalue weighted by atomic mass is 35.5. The zero-order valence-electron chi connectivity index (χ0n) is 13.7. The number of phenols is 1. The second kappa shape index (κ2) is 7.16. The van der Waals surface area contributed by atoms with Gasteiger partial charge in [0.05, 0.1) is 22.5 Å². The first-order valence-corrected chi connectivity index (χ1v) is 8.77. The van der Waals surface area contributed by atoms with Crippen molar-refractivity contribution in [1.82, 2.24) is 4.57 Å². The highest BCUT2D eigenvalue weighted by Crippen LogP contribution is 2.38. The Morgan fingerprint density at radius 1 is 1.37 bits per heavy atom. The number of carbonyl (C=O) groups is 2. The van der Waals surface area contributed by atoms with E-state index in [-0.39, 0.29) is 32.3 Å². The lowest BCUT2D eigenvalue weighted by molar-refractivity contribution is -0.136. The average Bonchev–Trinajstić information content (AvgIpc) is 3.13. The predicted molar refractivity (Wildman–Crippen MR) is 95.4 cm³/mol. The van der Waals surface area contributed by atoms with Gasteiger partial charge in [-0.25, -0.2) is 0 Å². The summed E-state index contributed by atoms with van der Waals surface area (Å²) in [5, 5.41) is 20.5. The van der Waals surface area contributed by atoms with E-state index in [0.717, 1.165) is 11.3 Å². The number of ether oxygens (including phenoxy) is 1. The highest BCUT2D eigenvalue weighted by Gasteiger charge is 2.25. The summed E-state index contributed by atoms with van der Waals surface area (Å²) in [6, 6.07) is 3.91. The van der Waals surface area contributed by atoms with Crippen LogP contribution in [0.3, 0.4) is 0 Å². The molecule has 0 saturated heterocycles. The Balaban J connectivity index is 2.18. The van der Waals surface area contributed by atoms with Crippen LogP contribution >= 0.6 is 22.9 Å². The van der Waals surface area contributed by atoms with Crippen molar-refractivity contribution in [3.8, 4) is 10.8 Å². The molecule has 0 aliphatic rings. The van der Waals surface area contributed by atoms with Crippen LogP contribution < -0.4 is 4.74 Å². The molecule has 0 aliphatic carbocycles. The molecule has 2 aromatic heterocycles. The van der Waals surface area contributed by atoms with E-state index in [1.807, 2.05) is 0 Å². The molecule has 2 N–H and O–H groups in total. The third kappa shape index (κ3) is 3.47. The number of rotatable bonds is 5. The first kappa shape index (κ1) is 19.1. The summed E-state index contributed by atoms with van der Waals surface area (Å²) in [5.41, 5.74) is 1.01. The van der Waals surface area contributed by atoms with Crippen LogP contribution in [0, 0.1) is 6.92 Å². The molecule has 0 saturated carbocycles. The number of benzene rings is 1. The second-order valence-corrected chi connectivity index (χ2v) is 6.85. The molecular formula is C17H12ClF2NO5S. The zero-order chi connectivity index (χ0) is 19.9. The van der Waals surface area contributed by atoms with E-state index in [1.165, 1.54) is 28.1 Å². The molecule has 0 radical (unpaired) electrons. The lowest BCUT2D eigenvalue weighted by Gasteiger charge is -2.06. The summed E-state index contributed by atoms with van der Waals surface area (Å²) < 4.78 is 30.2. The van der Waals surface area contributed by atoms with Gasteiger partial charge in [-0.05, 0) is 24.6 Å². The Bertz CT molecular complexity index is 1060. The Hall–Kier alpha value is -2.65. The maximum absolute atomic E-state index is 12.9. The summed E-state index contributed by atoms with van der Waals surface area (Å²) in [6.45, 7) is -1.46. The first-order valence-electron chi connectivity index (χ1n) is 7.52. The van der Waals surface area contributed by atoms with E-state index in [9.17, 15) is 28.6 Å². The van der Waals surface area contributed by atoms with Crippen molar-refractivity contribution in [1.29, 1.82) is 0 Å². The van der Waals surface area contributed by atoms with Gasteiger partial charge in [0.1, 0.15) is 5.75 Å². The third-order valence-corrected chi connectivity index (χ3v) is 5.17. The van der Waals surface area contributed by atoms with Gasteiger partial charge in [-0.1, -0.05) is 11.6 Å². The normalized spacial score (nSPS) is 11.3. The van der Waals surface area contributed by atoms with Crippen LogP contribution in [0.25, 0.3) is 10.9 Å². The summed E-state index contributed by atoms with van der Waals surface area (Å²) >= 11 is 6.98. The van der Waals surface area contributed by atoms with Crippen LogP contribution in [0.2, 0.25) is 5.02 Å². The number of aromatic nitrogens is 1. The van der Waals surface area contributed by atoms with Crippen molar-refractivity contribution < 1.29 is 33.3 Å². The van der Waals surface area contributed by atoms with Gasteiger partial charge in [-0.2, -0.15) is 8.78 Å². The van der Waals surface area contributed by atoms with Gasteiger partial charge in [0, 0.05) is 22.5 Å². The number of phenolic OH excluding ortho intramolecular Hbond substituents is 1. The lowest BCUT2D eigenvalue weighted by Crippen LogP contribution is -2.13. The highest BCUT2D eigenvalue weighted by molar-refractivity contribution is 7.12. The van der Waals surface area contributed by atoms with Crippen molar-refractivity contribution >= 4 is 45.7 Å². The zero-order valence-corrected chi connectivity index (χ0v) is 15.3. The number of carbonyl (C=O) groups excluding carboxylic acids is 1. The van der Waals surface area contributed by atoms with E-state index < -0.39 is 24.9 Å². The van der Waals surface area contributed by atoms with Gasteiger partial charge < -0.3 is 14.9 Å². The van der Waals surface area contributed by atoms with Crippen molar-refractivity contribution in [2.75, 3.05) is 0 Å². The summed E-state index contributed by atoms with van der Waals surface area (Å²) in [5.74, 6) is -1.94. The number of fused-ring (bicyclic) bond motifs is 1. The predicted octanol–water partition coefficient (Wildman–Crippen LogP) is 4.29. The molecule has 142 valence electrons. The SMILES string of the molecule is Cc1c(CC(=O)O)c2c(Cl)c(O)ccc2n1C(=O)c1csc(OC(F)F)c1. The molecule has 3 rings (SSSR count). The molecule has 6 nitrogen and oxygen atoms in total. The fourth-order valence-corrected chi connectivity index (χ4v) is 3.87. The second-order valence-electron chi connectivity index (χ2n) is 5.60. The number of alkyl halides is 2. The standard InChI is InChI=1S/C17H12ClF2NO5S/c1-7-9(5-12(23)24)14-10(2-3-11(22)15(14)18)21(7)16(25)8-4-13(27-6-8)26-17(19)20/h2-4,6,17,22H,5H2,1H3,(H,23,24). The minimum atomic E-state index is -3.01. The Morgan fingerprint density at radius 3 is 2.70 bits per heavy atom. The molecule has 0 unspecified atom stereocenters. The van der Waals surface area contributed by atoms with Crippen LogP contribution in [0.5, 0.6) is 10.8 Å². The number of aromatic hydroxyl groups is 1. The topological polar surface area (TPSA) is 88.8 Å². The smallest absolute Gasteiger partial charge is 0.388 e. The van der Waals surface area contributed by atoms with E-state index in [2.05, 4.69) is 4.74 Å². The van der Waals surface area contributed by atoms with Gasteiger partial charge in [0.15, 0.2) is 5.06 Å². The number of aliphatic carboxylic acids is 1. The third-order valence-electron chi connectivity index (χ3n) is 3.97. The number of halogens is 3. The van der Waals surface area contributed by atoms with Crippen LogP contribution in [0.1, 0.15) is 21.6 Å². The van der Waals surface area contributed by atoms with Crippen LogP contribution in [-0.2, 0) is 11.2 Å². The molecule has 2 heterocycles. The maximum atomic E-state index is 12.9. The van der Waals surface area contributed by atoms with Crippen molar-refractivity contribution in [3.63, 3.8) is 0 Å². The quantitative estimate of drug-likeness (QED) is 0.649. The van der Waals surface area contributed by atoms with Gasteiger partial charge >= 0.3 is 12.6 Å². The minimum absolute atomic E-state index is 0.0644. The number of carboxylic acid groups (broad SMARTS) is 1. The number of hydrogen-bond donors (Lipinski definition) is 2. The van der Waals surface area contributed by atoms with Crippen LogP contribution in [0.15, 0.2) is 23.6 Å². The fraction of sp³-hybridized carbons (Fsp3) is 0.176. The van der Waals surface area contributed by atoms with Crippen LogP contribution in [0.4, 0.5) is 8.78 Å². The molecule has 3 aromatic rings. The van der Waals surface area contributed by atoms with Gasteiger partial charge in [0.2, 0.25) is 0 Å². The first-order chi connectivity index (χ1) is 12.7. The lowest BCUT2D eigenvalue weighted by atomic mass is 10.1. The largest absolute Gasteiger partial charge is 0.506 e. The average molecular weight is 416 g/mol. The number of thiophene rings is 1. The van der Waals surface area contributed by atoms with E-state index in [4.69, 9.17) is 11.6 Å². The molecule has 10 heteroatoms. The summed E-state index contributed by atoms with van der Waals surface area (Å²) in [6.07, 6.45) is -0.408. The molecule has 0 atom stereocenters. The minimum Gasteiger partial charge on any atom is -0.506 e. The summed E-state index contributed by atoms with van der Waals surface area (Å²) in [7, 11) is 0. The Kier molecular flexibility index (Phi) is 5.07. The van der Waals surface area contributed by atoms with Crippen molar-refractivity contribution in [2.45, 2.75) is 20.0 Å². The molecule has 0 bridgehead atoms. The number of carboxylic acids is 1. The van der Waals surface area contributed by atoms with Crippen molar-refractivity contribution in [2.24, 2.45) is 0 Å². The van der Waals surface area contributed by atoms with Gasteiger partial charge in [-0.3, -0.25) is 14.2 Å². The fourth-order valence-electron chi connectivity index (χ4n) is 2.86. The van der Waals surface area contributed by atoms with E-state index >= 15 is 0 Å². The van der Waals surface area contributed by atoms with Crippen LogP contribution in [-0.4, -0.2) is 33.3 Å². The Labute approximate surface area is 160 Å². The maximum Gasteiger partial charge on any atom is 0.388 e. The molecule has 0 aliphatic heterocycles. The van der Waals surface area contributed by atoms with E-state index in [0.29, 0.717) is 11.2 Å². The molecule has 0 amide bonds. The molecule has 0 fully saturated rings. The van der Waals surface area contributed by atoms with Crippen molar-refractivity contribution in [3.05, 3.63) is 45.4 Å². The molecule has 27 heavy (non-hydrogen) atoms. The number of hydrogen-bond acceptors (Lipinski definition) is 5. The van der Waals surface area contributed by atoms with E-state index in [1.54, 1.807) is 6.92 Å². The molecular weight excluding hydrogens is 404 g/mol. The molecule has 0 spiro atoms. The molecule has 1 aromatic carbocycles.